The fraction of sp³-hybridized carbons (Fsp3) is 0.467. The summed E-state index contributed by atoms with van der Waals surface area (Å²) in [5.41, 5.74) is 0. The SMILES string of the molecule is CCOc1cc(NC(C)Cc2ccc(C)s2)nc(C)n1. The van der Waals surface area contributed by atoms with Crippen LogP contribution >= 0.6 is 11.3 Å². The van der Waals surface area contributed by atoms with Gasteiger partial charge < -0.3 is 10.1 Å². The number of hydrogen-bond acceptors (Lipinski definition) is 5. The van der Waals surface area contributed by atoms with Gasteiger partial charge in [-0.1, -0.05) is 0 Å². The predicted molar refractivity (Wildman–Crippen MR) is 83.8 cm³/mol. The van der Waals surface area contributed by atoms with Gasteiger partial charge in [-0.15, -0.1) is 11.3 Å². The van der Waals surface area contributed by atoms with Gasteiger partial charge in [-0.05, 0) is 39.8 Å². The minimum atomic E-state index is 0.317. The molecule has 2 aromatic rings. The van der Waals surface area contributed by atoms with Crippen molar-refractivity contribution in [2.45, 2.75) is 40.2 Å². The molecule has 0 saturated carbocycles. The van der Waals surface area contributed by atoms with E-state index >= 15 is 0 Å². The van der Waals surface area contributed by atoms with Gasteiger partial charge >= 0.3 is 0 Å². The number of nitrogens with zero attached hydrogens (tertiary/aromatic N) is 2. The second-order valence-corrected chi connectivity index (χ2v) is 6.21. The first-order valence-corrected chi connectivity index (χ1v) is 7.68. The van der Waals surface area contributed by atoms with Gasteiger partial charge in [0.05, 0.1) is 6.61 Å². The Balaban J connectivity index is 2.01. The van der Waals surface area contributed by atoms with E-state index in [1.165, 1.54) is 9.75 Å². The fourth-order valence-electron chi connectivity index (χ4n) is 2.04. The largest absolute Gasteiger partial charge is 0.478 e. The highest BCUT2D eigenvalue weighted by Crippen LogP contribution is 2.19. The average molecular weight is 291 g/mol. The number of rotatable bonds is 6. The summed E-state index contributed by atoms with van der Waals surface area (Å²) in [5.74, 6) is 2.17. The molecule has 2 heterocycles. The summed E-state index contributed by atoms with van der Waals surface area (Å²) in [4.78, 5) is 11.4. The molecule has 4 nitrogen and oxygen atoms in total. The summed E-state index contributed by atoms with van der Waals surface area (Å²) >= 11 is 1.84. The number of aryl methyl sites for hydroxylation is 2. The van der Waals surface area contributed by atoms with Crippen molar-refractivity contribution in [3.05, 3.63) is 33.8 Å². The Labute approximate surface area is 124 Å². The van der Waals surface area contributed by atoms with E-state index in [4.69, 9.17) is 4.74 Å². The Morgan fingerprint density at radius 3 is 2.75 bits per heavy atom. The van der Waals surface area contributed by atoms with Gasteiger partial charge in [0.1, 0.15) is 11.6 Å². The van der Waals surface area contributed by atoms with Crippen molar-refractivity contribution < 1.29 is 4.74 Å². The second kappa shape index (κ2) is 6.70. The number of hydrogen-bond donors (Lipinski definition) is 1. The number of ether oxygens (including phenoxy) is 1. The molecule has 0 amide bonds. The van der Waals surface area contributed by atoms with E-state index in [0.29, 0.717) is 18.5 Å². The Morgan fingerprint density at radius 2 is 2.10 bits per heavy atom. The maximum Gasteiger partial charge on any atom is 0.218 e. The number of nitrogens with one attached hydrogen (secondary N) is 1. The van der Waals surface area contributed by atoms with Crippen LogP contribution in [0.2, 0.25) is 0 Å². The molecule has 20 heavy (non-hydrogen) atoms. The third-order valence-electron chi connectivity index (χ3n) is 2.80. The van der Waals surface area contributed by atoms with Crippen LogP contribution in [-0.2, 0) is 6.42 Å². The second-order valence-electron chi connectivity index (χ2n) is 4.83. The van der Waals surface area contributed by atoms with Crippen molar-refractivity contribution in [1.82, 2.24) is 9.97 Å². The molecule has 2 rings (SSSR count). The zero-order chi connectivity index (χ0) is 14.5. The summed E-state index contributed by atoms with van der Waals surface area (Å²) in [6, 6.07) is 6.52. The van der Waals surface area contributed by atoms with Gasteiger partial charge in [-0.25, -0.2) is 4.98 Å². The molecule has 0 aromatic carbocycles. The third kappa shape index (κ3) is 4.20. The van der Waals surface area contributed by atoms with Crippen LogP contribution in [-0.4, -0.2) is 22.6 Å². The normalized spacial score (nSPS) is 12.2. The molecule has 0 saturated heterocycles. The monoisotopic (exact) mass is 291 g/mol. The Bertz CT molecular complexity index is 568. The third-order valence-corrected chi connectivity index (χ3v) is 3.83. The first-order valence-electron chi connectivity index (χ1n) is 6.87. The molecule has 1 unspecified atom stereocenters. The summed E-state index contributed by atoms with van der Waals surface area (Å²) in [5, 5.41) is 3.41. The molecule has 5 heteroatoms. The van der Waals surface area contributed by atoms with Crippen molar-refractivity contribution >= 4 is 17.2 Å². The Morgan fingerprint density at radius 1 is 1.30 bits per heavy atom. The average Bonchev–Trinajstić information content (AvgIpc) is 2.74. The topological polar surface area (TPSA) is 47.0 Å². The Kier molecular flexibility index (Phi) is 4.95. The minimum absolute atomic E-state index is 0.317. The van der Waals surface area contributed by atoms with Crippen molar-refractivity contribution in [3.8, 4) is 5.88 Å². The first-order chi connectivity index (χ1) is 9.56. The van der Waals surface area contributed by atoms with E-state index in [9.17, 15) is 0 Å². The maximum atomic E-state index is 5.44. The van der Waals surface area contributed by atoms with E-state index in [1.807, 2.05) is 31.3 Å². The summed E-state index contributed by atoms with van der Waals surface area (Å²) in [7, 11) is 0. The van der Waals surface area contributed by atoms with Crippen LogP contribution in [0.15, 0.2) is 18.2 Å². The van der Waals surface area contributed by atoms with Crippen molar-refractivity contribution in [2.24, 2.45) is 0 Å². The lowest BCUT2D eigenvalue weighted by atomic mass is 10.2. The lowest BCUT2D eigenvalue weighted by Gasteiger charge is -2.14. The van der Waals surface area contributed by atoms with Crippen LogP contribution in [0, 0.1) is 13.8 Å². The van der Waals surface area contributed by atoms with E-state index in [2.05, 4.69) is 41.3 Å². The highest BCUT2D eigenvalue weighted by molar-refractivity contribution is 7.11. The molecule has 2 aromatic heterocycles. The highest BCUT2D eigenvalue weighted by atomic mass is 32.1. The van der Waals surface area contributed by atoms with Gasteiger partial charge in [-0.2, -0.15) is 4.98 Å². The molecule has 0 bridgehead atoms. The van der Waals surface area contributed by atoms with Crippen LogP contribution < -0.4 is 10.1 Å². The lowest BCUT2D eigenvalue weighted by Crippen LogP contribution is -2.18. The molecule has 0 aliphatic heterocycles. The molecule has 0 aliphatic carbocycles. The summed E-state index contributed by atoms with van der Waals surface area (Å²) in [6.07, 6.45) is 0.992. The summed E-state index contributed by atoms with van der Waals surface area (Å²) < 4.78 is 5.44. The minimum Gasteiger partial charge on any atom is -0.478 e. The van der Waals surface area contributed by atoms with Crippen LogP contribution in [0.5, 0.6) is 5.88 Å². The van der Waals surface area contributed by atoms with Crippen LogP contribution in [0.1, 0.15) is 29.4 Å². The molecule has 0 spiro atoms. The molecule has 1 atom stereocenters. The molecule has 1 N–H and O–H groups in total. The summed E-state index contributed by atoms with van der Waals surface area (Å²) in [6.45, 7) is 8.73. The van der Waals surface area contributed by atoms with Crippen molar-refractivity contribution in [3.63, 3.8) is 0 Å². The van der Waals surface area contributed by atoms with Crippen LogP contribution in [0.3, 0.4) is 0 Å². The van der Waals surface area contributed by atoms with Gasteiger partial charge in [0.2, 0.25) is 5.88 Å². The maximum absolute atomic E-state index is 5.44. The van der Waals surface area contributed by atoms with Crippen molar-refractivity contribution in [2.75, 3.05) is 11.9 Å². The molecule has 0 radical (unpaired) electrons. The number of aromatic nitrogens is 2. The van der Waals surface area contributed by atoms with Gasteiger partial charge in [0.25, 0.3) is 0 Å². The smallest absolute Gasteiger partial charge is 0.218 e. The molecule has 108 valence electrons. The fourth-order valence-corrected chi connectivity index (χ4v) is 3.06. The molecule has 0 aliphatic rings. The Hall–Kier alpha value is -1.62. The lowest BCUT2D eigenvalue weighted by molar-refractivity contribution is 0.325. The van der Waals surface area contributed by atoms with E-state index in [1.54, 1.807) is 0 Å². The molecule has 0 fully saturated rings. The predicted octanol–water partition coefficient (Wildman–Crippen LogP) is 3.60. The van der Waals surface area contributed by atoms with Gasteiger partial charge in [0.15, 0.2) is 0 Å². The zero-order valence-corrected chi connectivity index (χ0v) is 13.3. The van der Waals surface area contributed by atoms with E-state index in [0.717, 1.165) is 18.1 Å². The van der Waals surface area contributed by atoms with Crippen molar-refractivity contribution in [1.29, 1.82) is 0 Å². The van der Waals surface area contributed by atoms with Gasteiger partial charge in [0, 0.05) is 28.3 Å². The number of anilines is 1. The standard InChI is InChI=1S/C15H21N3OS/c1-5-19-15-9-14(17-12(4)18-15)16-10(2)8-13-7-6-11(3)20-13/h6-7,9-10H,5,8H2,1-4H3,(H,16,17,18). The number of thiophene rings is 1. The quantitative estimate of drug-likeness (QED) is 0.883. The zero-order valence-electron chi connectivity index (χ0n) is 12.4. The van der Waals surface area contributed by atoms with E-state index < -0.39 is 0 Å². The van der Waals surface area contributed by atoms with E-state index in [-0.39, 0.29) is 0 Å². The van der Waals surface area contributed by atoms with Crippen LogP contribution in [0.25, 0.3) is 0 Å². The molecular formula is C15H21N3OS. The first kappa shape index (κ1) is 14.8. The van der Waals surface area contributed by atoms with Gasteiger partial charge in [-0.3, -0.25) is 0 Å². The van der Waals surface area contributed by atoms with Crippen LogP contribution in [0.4, 0.5) is 5.82 Å². The highest BCUT2D eigenvalue weighted by Gasteiger charge is 2.08. The molecular weight excluding hydrogens is 270 g/mol.